The Hall–Kier alpha value is -1.88. The Bertz CT molecular complexity index is 584. The van der Waals surface area contributed by atoms with Gasteiger partial charge in [-0.25, -0.2) is 4.98 Å². The summed E-state index contributed by atoms with van der Waals surface area (Å²) in [7, 11) is 0. The lowest BCUT2D eigenvalue weighted by molar-refractivity contribution is 0.0946. The van der Waals surface area contributed by atoms with Crippen LogP contribution in [-0.2, 0) is 6.54 Å². The number of anilines is 1. The van der Waals surface area contributed by atoms with Gasteiger partial charge in [-0.2, -0.15) is 0 Å². The van der Waals surface area contributed by atoms with E-state index in [2.05, 4.69) is 31.5 Å². The van der Waals surface area contributed by atoms with E-state index < -0.39 is 0 Å². The van der Waals surface area contributed by atoms with Crippen molar-refractivity contribution in [3.8, 4) is 0 Å². The number of nitrogens with one attached hydrogen (secondary N) is 2. The van der Waals surface area contributed by atoms with Gasteiger partial charge in [0.05, 0.1) is 0 Å². The van der Waals surface area contributed by atoms with Crippen molar-refractivity contribution in [3.05, 3.63) is 58.2 Å². The maximum atomic E-state index is 12.0. The summed E-state index contributed by atoms with van der Waals surface area (Å²) in [6.45, 7) is 3.25. The molecule has 5 heteroatoms. The van der Waals surface area contributed by atoms with Gasteiger partial charge in [0.2, 0.25) is 0 Å². The number of aromatic nitrogens is 1. The third kappa shape index (κ3) is 4.06. The normalized spacial score (nSPS) is 10.1. The molecule has 0 unspecified atom stereocenters. The van der Waals surface area contributed by atoms with E-state index in [0.29, 0.717) is 18.1 Å². The van der Waals surface area contributed by atoms with Crippen molar-refractivity contribution >= 4 is 27.7 Å². The number of benzene rings is 1. The number of rotatable bonds is 5. The number of halogens is 1. The summed E-state index contributed by atoms with van der Waals surface area (Å²) in [6.07, 6.45) is 0. The highest BCUT2D eigenvalue weighted by atomic mass is 79.9. The van der Waals surface area contributed by atoms with Crippen LogP contribution in [0.4, 0.5) is 5.82 Å². The van der Waals surface area contributed by atoms with E-state index in [9.17, 15) is 4.79 Å². The summed E-state index contributed by atoms with van der Waals surface area (Å²) in [6, 6.07) is 13.2. The molecule has 0 aliphatic rings. The van der Waals surface area contributed by atoms with Crippen LogP contribution in [0.25, 0.3) is 0 Å². The summed E-state index contributed by atoms with van der Waals surface area (Å²) in [5.74, 6) is 0.538. The van der Waals surface area contributed by atoms with Crippen molar-refractivity contribution in [3.63, 3.8) is 0 Å². The number of nitrogens with zero attached hydrogens (tertiary/aromatic N) is 1. The van der Waals surface area contributed by atoms with Gasteiger partial charge in [0.1, 0.15) is 11.5 Å². The van der Waals surface area contributed by atoms with Crippen LogP contribution >= 0.6 is 15.9 Å². The quantitative estimate of drug-likeness (QED) is 0.883. The molecule has 0 aliphatic carbocycles. The highest BCUT2D eigenvalue weighted by Crippen LogP contribution is 2.10. The molecule has 4 nitrogen and oxygen atoms in total. The molecule has 0 bridgehead atoms. The van der Waals surface area contributed by atoms with Crippen LogP contribution in [0.5, 0.6) is 0 Å². The Morgan fingerprint density at radius 3 is 2.65 bits per heavy atom. The molecule has 0 radical (unpaired) electrons. The second-order valence-electron chi connectivity index (χ2n) is 4.25. The third-order valence-corrected chi connectivity index (χ3v) is 3.23. The molecule has 1 aromatic carbocycles. The largest absolute Gasteiger partial charge is 0.370 e. The Balaban J connectivity index is 1.97. The monoisotopic (exact) mass is 333 g/mol. The summed E-state index contributed by atoms with van der Waals surface area (Å²) in [4.78, 5) is 16.3. The van der Waals surface area contributed by atoms with E-state index in [1.54, 1.807) is 6.07 Å². The Kier molecular flexibility index (Phi) is 5.12. The van der Waals surface area contributed by atoms with Gasteiger partial charge in [-0.3, -0.25) is 4.79 Å². The maximum absolute atomic E-state index is 12.0. The topological polar surface area (TPSA) is 54.0 Å². The first-order valence-corrected chi connectivity index (χ1v) is 7.22. The average Bonchev–Trinajstić information content (AvgIpc) is 2.47. The van der Waals surface area contributed by atoms with Crippen molar-refractivity contribution in [1.29, 1.82) is 0 Å². The molecule has 104 valence electrons. The van der Waals surface area contributed by atoms with Crippen molar-refractivity contribution in [2.24, 2.45) is 0 Å². The SMILES string of the molecule is CCNc1cccc(C(=O)NCc2ccc(Br)cc2)n1. The number of amides is 1. The zero-order valence-electron chi connectivity index (χ0n) is 11.2. The summed E-state index contributed by atoms with van der Waals surface area (Å²) < 4.78 is 1.02. The van der Waals surface area contributed by atoms with Gasteiger partial charge in [0.15, 0.2) is 0 Å². The third-order valence-electron chi connectivity index (χ3n) is 2.71. The number of carbonyl (C=O) groups excluding carboxylic acids is 1. The molecule has 1 heterocycles. The molecule has 20 heavy (non-hydrogen) atoms. The summed E-state index contributed by atoms with van der Waals surface area (Å²) in [5.41, 5.74) is 1.46. The van der Waals surface area contributed by atoms with Crippen LogP contribution in [0, 0.1) is 0 Å². The van der Waals surface area contributed by atoms with Crippen LogP contribution in [0.1, 0.15) is 23.0 Å². The fourth-order valence-electron chi connectivity index (χ4n) is 1.72. The predicted molar refractivity (Wildman–Crippen MR) is 83.7 cm³/mol. The molecule has 0 aliphatic heterocycles. The molecule has 1 amide bonds. The standard InChI is InChI=1S/C15H16BrN3O/c1-2-17-14-5-3-4-13(19-14)15(20)18-10-11-6-8-12(16)9-7-11/h3-9H,2,10H2,1H3,(H,17,19)(H,18,20). The van der Waals surface area contributed by atoms with Gasteiger partial charge in [-0.15, -0.1) is 0 Å². The van der Waals surface area contributed by atoms with Gasteiger partial charge in [0, 0.05) is 17.6 Å². The second kappa shape index (κ2) is 7.05. The molecule has 0 saturated heterocycles. The minimum Gasteiger partial charge on any atom is -0.370 e. The van der Waals surface area contributed by atoms with Gasteiger partial charge in [-0.05, 0) is 36.8 Å². The highest BCUT2D eigenvalue weighted by Gasteiger charge is 2.07. The van der Waals surface area contributed by atoms with Crippen molar-refractivity contribution in [2.45, 2.75) is 13.5 Å². The Morgan fingerprint density at radius 1 is 1.20 bits per heavy atom. The number of hydrogen-bond donors (Lipinski definition) is 2. The molecule has 1 aromatic heterocycles. The first-order valence-electron chi connectivity index (χ1n) is 6.42. The number of hydrogen-bond acceptors (Lipinski definition) is 3. The number of pyridine rings is 1. The molecule has 0 atom stereocenters. The Labute approximate surface area is 126 Å². The predicted octanol–water partition coefficient (Wildman–Crippen LogP) is 3.21. The van der Waals surface area contributed by atoms with Gasteiger partial charge < -0.3 is 10.6 Å². The zero-order chi connectivity index (χ0) is 14.4. The molecule has 2 N–H and O–H groups in total. The van der Waals surface area contributed by atoms with Crippen LogP contribution in [0.3, 0.4) is 0 Å². The smallest absolute Gasteiger partial charge is 0.270 e. The van der Waals surface area contributed by atoms with Crippen LogP contribution in [-0.4, -0.2) is 17.4 Å². The average molecular weight is 334 g/mol. The van der Waals surface area contributed by atoms with E-state index in [1.165, 1.54) is 0 Å². The Morgan fingerprint density at radius 2 is 1.95 bits per heavy atom. The van der Waals surface area contributed by atoms with Crippen LogP contribution < -0.4 is 10.6 Å². The summed E-state index contributed by atoms with van der Waals surface area (Å²) >= 11 is 3.38. The van der Waals surface area contributed by atoms with Crippen molar-refractivity contribution in [2.75, 3.05) is 11.9 Å². The molecular formula is C15H16BrN3O. The molecule has 0 spiro atoms. The first kappa shape index (κ1) is 14.5. The fourth-order valence-corrected chi connectivity index (χ4v) is 1.98. The van der Waals surface area contributed by atoms with Crippen molar-refractivity contribution in [1.82, 2.24) is 10.3 Å². The molecule has 2 aromatic rings. The minimum absolute atomic E-state index is 0.173. The molecule has 2 rings (SSSR count). The van der Waals surface area contributed by atoms with E-state index in [4.69, 9.17) is 0 Å². The van der Waals surface area contributed by atoms with Gasteiger partial charge in [-0.1, -0.05) is 34.1 Å². The summed E-state index contributed by atoms with van der Waals surface area (Å²) in [5, 5.41) is 5.95. The lowest BCUT2D eigenvalue weighted by Crippen LogP contribution is -2.24. The van der Waals surface area contributed by atoms with E-state index in [-0.39, 0.29) is 5.91 Å². The van der Waals surface area contributed by atoms with E-state index in [1.807, 2.05) is 43.3 Å². The highest BCUT2D eigenvalue weighted by molar-refractivity contribution is 9.10. The first-order chi connectivity index (χ1) is 9.69. The van der Waals surface area contributed by atoms with Crippen LogP contribution in [0.2, 0.25) is 0 Å². The maximum Gasteiger partial charge on any atom is 0.270 e. The molecule has 0 saturated carbocycles. The zero-order valence-corrected chi connectivity index (χ0v) is 12.8. The van der Waals surface area contributed by atoms with Gasteiger partial charge >= 0.3 is 0 Å². The van der Waals surface area contributed by atoms with Gasteiger partial charge in [0.25, 0.3) is 5.91 Å². The van der Waals surface area contributed by atoms with E-state index in [0.717, 1.165) is 16.6 Å². The second-order valence-corrected chi connectivity index (χ2v) is 5.16. The van der Waals surface area contributed by atoms with E-state index >= 15 is 0 Å². The fraction of sp³-hybridized carbons (Fsp3) is 0.200. The lowest BCUT2D eigenvalue weighted by atomic mass is 10.2. The molecular weight excluding hydrogens is 318 g/mol. The van der Waals surface area contributed by atoms with Crippen molar-refractivity contribution < 1.29 is 4.79 Å². The molecule has 0 fully saturated rings. The minimum atomic E-state index is -0.173. The number of carbonyl (C=O) groups is 1. The van der Waals surface area contributed by atoms with Crippen LogP contribution in [0.15, 0.2) is 46.9 Å². The lowest BCUT2D eigenvalue weighted by Gasteiger charge is -2.07.